The molecular weight excluding hydrogens is 245 g/mol. The summed E-state index contributed by atoms with van der Waals surface area (Å²) < 4.78 is 0. The molecule has 1 unspecified atom stereocenters. The molecule has 94 valence electrons. The molecule has 3 nitrogen and oxygen atoms in total. The highest BCUT2D eigenvalue weighted by Crippen LogP contribution is 2.04. The molecule has 0 aliphatic heterocycles. The number of hydrogen-bond acceptors (Lipinski definition) is 2. The Morgan fingerprint density at radius 2 is 1.50 bits per heavy atom. The van der Waals surface area contributed by atoms with Crippen molar-refractivity contribution in [3.05, 3.63) is 66.2 Å². The Morgan fingerprint density at radius 1 is 1.00 bits per heavy atom. The molecule has 4 heteroatoms. The zero-order valence-corrected chi connectivity index (χ0v) is 10.9. The molecule has 0 aliphatic rings. The Balaban J connectivity index is 0.000000180. The molecule has 18 heavy (non-hydrogen) atoms. The Morgan fingerprint density at radius 3 is 1.89 bits per heavy atom. The van der Waals surface area contributed by atoms with Crippen molar-refractivity contribution in [3.63, 3.8) is 0 Å². The van der Waals surface area contributed by atoms with Gasteiger partial charge in [0.1, 0.15) is 0 Å². The summed E-state index contributed by atoms with van der Waals surface area (Å²) >= 11 is 0. The van der Waals surface area contributed by atoms with Crippen LogP contribution in [0.15, 0.2) is 60.7 Å². The second-order valence-electron chi connectivity index (χ2n) is 3.42. The van der Waals surface area contributed by atoms with Crippen LogP contribution >= 0.6 is 8.58 Å². The summed E-state index contributed by atoms with van der Waals surface area (Å²) in [6, 6.07) is 18.6. The van der Waals surface area contributed by atoms with E-state index in [2.05, 4.69) is 12.1 Å². The van der Waals surface area contributed by atoms with Crippen LogP contribution in [0.2, 0.25) is 0 Å². The van der Waals surface area contributed by atoms with E-state index in [1.165, 1.54) is 5.30 Å². The van der Waals surface area contributed by atoms with Gasteiger partial charge in [-0.15, -0.1) is 0 Å². The normalized spacial score (nSPS) is 9.83. The molecule has 0 amide bonds. The molecule has 0 aromatic heterocycles. The Hall–Kier alpha value is -1.70. The molecule has 0 fully saturated rings. The van der Waals surface area contributed by atoms with Crippen LogP contribution in [-0.2, 0) is 0 Å². The van der Waals surface area contributed by atoms with E-state index in [1.807, 2.05) is 18.2 Å². The minimum absolute atomic E-state index is 0.331. The van der Waals surface area contributed by atoms with Crippen molar-refractivity contribution in [1.29, 1.82) is 0 Å². The highest BCUT2D eigenvalue weighted by atomic mass is 31.1. The highest BCUT2D eigenvalue weighted by molar-refractivity contribution is 7.47. The average Bonchev–Trinajstić information content (AvgIpc) is 2.42. The lowest BCUT2D eigenvalue weighted by molar-refractivity contribution is 0.0697. The molecule has 0 radical (unpaired) electrons. The molecule has 0 saturated heterocycles. The summed E-state index contributed by atoms with van der Waals surface area (Å²) in [7, 11) is 0.765. The summed E-state index contributed by atoms with van der Waals surface area (Å²) in [6.07, 6.45) is 0.768. The zero-order chi connectivity index (χ0) is 13.2. The zero-order valence-electron chi connectivity index (χ0n) is 9.91. The fourth-order valence-corrected chi connectivity index (χ4v) is 1.92. The molecule has 2 aromatic rings. The first-order valence-electron chi connectivity index (χ1n) is 5.51. The molecular formula is C14H16NO2P. The van der Waals surface area contributed by atoms with Crippen LogP contribution in [0.4, 0.5) is 0 Å². The van der Waals surface area contributed by atoms with Gasteiger partial charge in [0.05, 0.1) is 5.56 Å². The number of rotatable bonds is 3. The lowest BCUT2D eigenvalue weighted by Gasteiger charge is -1.94. The van der Waals surface area contributed by atoms with Gasteiger partial charge in [0, 0.05) is 6.29 Å². The van der Waals surface area contributed by atoms with Crippen molar-refractivity contribution in [2.75, 3.05) is 6.29 Å². The maximum absolute atomic E-state index is 10.2. The number of aromatic carboxylic acids is 1. The smallest absolute Gasteiger partial charge is 0.335 e. The predicted octanol–water partition coefficient (Wildman–Crippen LogP) is 2.29. The Kier molecular flexibility index (Phi) is 6.70. The van der Waals surface area contributed by atoms with Crippen molar-refractivity contribution in [3.8, 4) is 0 Å². The largest absolute Gasteiger partial charge is 0.478 e. The van der Waals surface area contributed by atoms with E-state index in [4.69, 9.17) is 10.8 Å². The van der Waals surface area contributed by atoms with Gasteiger partial charge < -0.3 is 10.8 Å². The number of carboxylic acid groups (broad SMARTS) is 1. The second-order valence-corrected chi connectivity index (χ2v) is 4.76. The predicted molar refractivity (Wildman–Crippen MR) is 76.8 cm³/mol. The number of hydrogen-bond donors (Lipinski definition) is 2. The first-order chi connectivity index (χ1) is 8.74. The first-order valence-corrected chi connectivity index (χ1v) is 6.72. The van der Waals surface area contributed by atoms with Crippen LogP contribution < -0.4 is 11.0 Å². The monoisotopic (exact) mass is 261 g/mol. The van der Waals surface area contributed by atoms with Gasteiger partial charge in [0.2, 0.25) is 0 Å². The lowest BCUT2D eigenvalue weighted by Crippen LogP contribution is -1.99. The molecule has 2 aromatic carbocycles. The van der Waals surface area contributed by atoms with E-state index in [1.54, 1.807) is 30.3 Å². The third-order valence-electron chi connectivity index (χ3n) is 2.10. The Labute approximate surface area is 108 Å². The van der Waals surface area contributed by atoms with Gasteiger partial charge >= 0.3 is 5.97 Å². The van der Waals surface area contributed by atoms with Gasteiger partial charge in [-0.25, -0.2) is 4.79 Å². The molecule has 0 aliphatic carbocycles. The summed E-state index contributed by atoms with van der Waals surface area (Å²) in [4.78, 5) is 10.2. The third-order valence-corrected chi connectivity index (χ3v) is 3.05. The van der Waals surface area contributed by atoms with Gasteiger partial charge in [-0.05, 0) is 17.4 Å². The van der Waals surface area contributed by atoms with Gasteiger partial charge in [0.25, 0.3) is 0 Å². The fraction of sp³-hybridized carbons (Fsp3) is 0.0714. The van der Waals surface area contributed by atoms with Gasteiger partial charge in [-0.3, -0.25) is 0 Å². The van der Waals surface area contributed by atoms with E-state index in [9.17, 15) is 4.79 Å². The molecule has 0 spiro atoms. The molecule has 1 atom stereocenters. The maximum Gasteiger partial charge on any atom is 0.335 e. The third kappa shape index (κ3) is 5.58. The molecule has 2 rings (SSSR count). The quantitative estimate of drug-likeness (QED) is 0.833. The van der Waals surface area contributed by atoms with Crippen molar-refractivity contribution in [2.45, 2.75) is 0 Å². The van der Waals surface area contributed by atoms with Gasteiger partial charge in [0.15, 0.2) is 0 Å². The lowest BCUT2D eigenvalue weighted by atomic mass is 10.2. The molecule has 0 heterocycles. The van der Waals surface area contributed by atoms with Crippen LogP contribution in [0.5, 0.6) is 0 Å². The standard InChI is InChI=1S/C7H10NP.C7H6O2/c8-6-9-7-4-2-1-3-5-7;8-7(9)6-4-2-1-3-5-6/h1-5,9H,6,8H2;1-5H,(H,8,9). The van der Waals surface area contributed by atoms with E-state index in [-0.39, 0.29) is 0 Å². The number of carboxylic acids is 1. The van der Waals surface area contributed by atoms with Gasteiger partial charge in [-0.2, -0.15) is 0 Å². The van der Waals surface area contributed by atoms with E-state index >= 15 is 0 Å². The maximum atomic E-state index is 10.2. The van der Waals surface area contributed by atoms with Crippen molar-refractivity contribution < 1.29 is 9.90 Å². The number of carbonyl (C=O) groups is 1. The fourth-order valence-electron chi connectivity index (χ4n) is 1.25. The number of nitrogens with two attached hydrogens (primary N) is 1. The van der Waals surface area contributed by atoms with Crippen molar-refractivity contribution >= 4 is 19.9 Å². The summed E-state index contributed by atoms with van der Waals surface area (Å²) in [6.45, 7) is 0. The SMILES string of the molecule is NCPc1ccccc1.O=C(O)c1ccccc1. The van der Waals surface area contributed by atoms with Crippen molar-refractivity contribution in [1.82, 2.24) is 0 Å². The minimum Gasteiger partial charge on any atom is -0.478 e. The van der Waals surface area contributed by atoms with Crippen LogP contribution in [-0.4, -0.2) is 17.4 Å². The summed E-state index contributed by atoms with van der Waals surface area (Å²) in [5.41, 5.74) is 5.70. The van der Waals surface area contributed by atoms with Crippen LogP contribution in [0, 0.1) is 0 Å². The van der Waals surface area contributed by atoms with E-state index in [0.717, 1.165) is 14.9 Å². The minimum atomic E-state index is -0.879. The highest BCUT2D eigenvalue weighted by Gasteiger charge is 1.96. The van der Waals surface area contributed by atoms with Crippen LogP contribution in [0.25, 0.3) is 0 Å². The summed E-state index contributed by atoms with van der Waals surface area (Å²) in [5.74, 6) is -0.879. The Bertz CT molecular complexity index is 460. The number of benzene rings is 2. The summed E-state index contributed by atoms with van der Waals surface area (Å²) in [5, 5.41) is 9.73. The first kappa shape index (κ1) is 14.4. The van der Waals surface area contributed by atoms with Crippen LogP contribution in [0.3, 0.4) is 0 Å². The van der Waals surface area contributed by atoms with Crippen molar-refractivity contribution in [2.24, 2.45) is 5.73 Å². The topological polar surface area (TPSA) is 63.3 Å². The van der Waals surface area contributed by atoms with E-state index < -0.39 is 5.97 Å². The molecule has 0 bridgehead atoms. The average molecular weight is 261 g/mol. The van der Waals surface area contributed by atoms with E-state index in [0.29, 0.717) is 5.56 Å². The van der Waals surface area contributed by atoms with Gasteiger partial charge in [-0.1, -0.05) is 57.1 Å². The molecule has 3 N–H and O–H groups in total. The van der Waals surface area contributed by atoms with Crippen LogP contribution in [0.1, 0.15) is 10.4 Å². The molecule has 0 saturated carbocycles. The second kappa shape index (κ2) is 8.40.